The molecule has 0 atom stereocenters. The molecule has 0 amide bonds. The van der Waals surface area contributed by atoms with Crippen LogP contribution in [0.4, 0.5) is 4.79 Å². The first-order valence-electron chi connectivity index (χ1n) is 9.83. The molecule has 0 heterocycles. The quantitative estimate of drug-likeness (QED) is 0.0797. The summed E-state index contributed by atoms with van der Waals surface area (Å²) in [4.78, 5) is 19.7. The van der Waals surface area contributed by atoms with Crippen LogP contribution in [0.15, 0.2) is 12.2 Å². The number of alkyl halides is 1. The fourth-order valence-electron chi connectivity index (χ4n) is 2.47. The average Bonchev–Trinajstić information content (AvgIpc) is 2.58. The van der Waals surface area contributed by atoms with E-state index in [0.29, 0.717) is 11.0 Å². The molecular weight excluding hydrogens is 447 g/mol. The Labute approximate surface area is 172 Å². The number of halogens is 1. The number of hydrogen-bond acceptors (Lipinski definition) is 3. The van der Waals surface area contributed by atoms with Gasteiger partial charge in [0, 0.05) is 6.42 Å². The Morgan fingerprint density at radius 2 is 1.23 bits per heavy atom. The second kappa shape index (κ2) is 24.2. The van der Waals surface area contributed by atoms with Gasteiger partial charge in [0.05, 0.1) is 0 Å². The summed E-state index contributed by atoms with van der Waals surface area (Å²) in [6.45, 7) is 2.27. The van der Waals surface area contributed by atoms with Crippen molar-refractivity contribution in [3.8, 4) is 0 Å². The highest BCUT2D eigenvalue weighted by molar-refractivity contribution is 14.1. The van der Waals surface area contributed by atoms with Crippen LogP contribution in [0.1, 0.15) is 96.8 Å². The van der Waals surface area contributed by atoms with Crippen LogP contribution in [0.5, 0.6) is 0 Å². The molecular formula is C20H37IO5. The first-order valence-corrected chi connectivity index (χ1v) is 11.4. The number of rotatable bonds is 16. The van der Waals surface area contributed by atoms with E-state index in [1.165, 1.54) is 70.6 Å². The van der Waals surface area contributed by atoms with Crippen molar-refractivity contribution in [2.75, 3.05) is 4.61 Å². The van der Waals surface area contributed by atoms with Gasteiger partial charge in [0.2, 0.25) is 0 Å². The minimum Gasteiger partial charge on any atom is -0.455 e. The Bertz CT molecular complexity index is 341. The van der Waals surface area contributed by atoms with Gasteiger partial charge < -0.3 is 14.9 Å². The predicted molar refractivity (Wildman–Crippen MR) is 115 cm³/mol. The lowest BCUT2D eigenvalue weighted by atomic mass is 10.1. The van der Waals surface area contributed by atoms with Gasteiger partial charge >= 0.3 is 12.1 Å². The number of unbranched alkanes of at least 4 members (excludes halogenated alkanes) is 11. The minimum atomic E-state index is -1.83. The fourth-order valence-corrected chi connectivity index (χ4v) is 2.82. The zero-order chi connectivity index (χ0) is 19.9. The zero-order valence-electron chi connectivity index (χ0n) is 16.3. The Morgan fingerprint density at radius 1 is 0.808 bits per heavy atom. The molecule has 0 rings (SSSR count). The molecule has 5 nitrogen and oxygen atoms in total. The highest BCUT2D eigenvalue weighted by Gasteiger charge is 2.00. The van der Waals surface area contributed by atoms with Crippen molar-refractivity contribution in [2.45, 2.75) is 96.8 Å². The van der Waals surface area contributed by atoms with Gasteiger partial charge in [-0.15, -0.1) is 0 Å². The van der Waals surface area contributed by atoms with Crippen LogP contribution in [0, 0.1) is 0 Å². The summed E-state index contributed by atoms with van der Waals surface area (Å²) in [6.07, 6.45) is 20.2. The number of carboxylic acid groups (broad SMARTS) is 2. The third-order valence-electron chi connectivity index (χ3n) is 3.86. The lowest BCUT2D eigenvalue weighted by Gasteiger charge is -2.01. The smallest absolute Gasteiger partial charge is 0.455 e. The largest absolute Gasteiger partial charge is 0.503 e. The van der Waals surface area contributed by atoms with Crippen molar-refractivity contribution < 1.29 is 24.5 Å². The average molecular weight is 484 g/mol. The van der Waals surface area contributed by atoms with E-state index in [1.807, 2.05) is 0 Å². The van der Waals surface area contributed by atoms with Crippen LogP contribution < -0.4 is 0 Å². The van der Waals surface area contributed by atoms with Crippen LogP contribution >= 0.6 is 22.6 Å². The van der Waals surface area contributed by atoms with Gasteiger partial charge in [0.1, 0.15) is 4.61 Å². The Balaban J connectivity index is 0. The van der Waals surface area contributed by atoms with E-state index in [0.717, 1.165) is 12.8 Å². The lowest BCUT2D eigenvalue weighted by molar-refractivity contribution is -0.141. The summed E-state index contributed by atoms with van der Waals surface area (Å²) in [5.74, 6) is -0.0490. The third kappa shape index (κ3) is 31.0. The van der Waals surface area contributed by atoms with E-state index in [2.05, 4.69) is 41.7 Å². The van der Waals surface area contributed by atoms with Gasteiger partial charge in [-0.2, -0.15) is 0 Å². The van der Waals surface area contributed by atoms with Gasteiger partial charge in [-0.25, -0.2) is 4.79 Å². The number of esters is 1. The number of carbonyl (C=O) groups is 2. The van der Waals surface area contributed by atoms with Crippen LogP contribution in [-0.4, -0.2) is 27.0 Å². The molecule has 0 unspecified atom stereocenters. The van der Waals surface area contributed by atoms with Gasteiger partial charge in [-0.05, 0) is 54.7 Å². The molecule has 0 aliphatic carbocycles. The molecule has 0 radical (unpaired) electrons. The maximum atomic E-state index is 11.1. The zero-order valence-corrected chi connectivity index (χ0v) is 18.4. The molecule has 0 aromatic rings. The molecule has 0 aromatic heterocycles. The third-order valence-corrected chi connectivity index (χ3v) is 4.17. The normalized spacial score (nSPS) is 10.4. The van der Waals surface area contributed by atoms with E-state index in [-0.39, 0.29) is 5.97 Å². The Morgan fingerprint density at radius 3 is 1.69 bits per heavy atom. The van der Waals surface area contributed by atoms with E-state index < -0.39 is 6.16 Å². The van der Waals surface area contributed by atoms with Crippen LogP contribution in [-0.2, 0) is 9.53 Å². The second-order valence-corrected chi connectivity index (χ2v) is 6.87. The van der Waals surface area contributed by atoms with E-state index in [9.17, 15) is 4.79 Å². The first-order chi connectivity index (χ1) is 12.5. The molecule has 26 heavy (non-hydrogen) atoms. The minimum absolute atomic E-state index is 0.0490. The maximum absolute atomic E-state index is 11.1. The summed E-state index contributed by atoms with van der Waals surface area (Å²) < 4.78 is 5.37. The van der Waals surface area contributed by atoms with Gasteiger partial charge in [0.25, 0.3) is 0 Å². The van der Waals surface area contributed by atoms with Gasteiger partial charge in [-0.1, -0.05) is 70.4 Å². The number of ether oxygens (including phenoxy) is 1. The van der Waals surface area contributed by atoms with Crippen LogP contribution in [0.25, 0.3) is 0 Å². The van der Waals surface area contributed by atoms with Crippen molar-refractivity contribution in [3.05, 3.63) is 12.2 Å². The molecule has 6 heteroatoms. The van der Waals surface area contributed by atoms with Crippen molar-refractivity contribution in [2.24, 2.45) is 0 Å². The summed E-state index contributed by atoms with van der Waals surface area (Å²) in [6, 6.07) is 0. The monoisotopic (exact) mass is 484 g/mol. The van der Waals surface area contributed by atoms with Gasteiger partial charge in [-0.3, -0.25) is 4.79 Å². The molecule has 0 saturated heterocycles. The predicted octanol–water partition coefficient (Wildman–Crippen LogP) is 7.18. The molecule has 0 aliphatic rings. The summed E-state index contributed by atoms with van der Waals surface area (Å²) in [5, 5.41) is 13.9. The van der Waals surface area contributed by atoms with E-state index in [1.54, 1.807) is 0 Å². The maximum Gasteiger partial charge on any atom is 0.503 e. The lowest BCUT2D eigenvalue weighted by Crippen LogP contribution is -2.01. The van der Waals surface area contributed by atoms with E-state index >= 15 is 0 Å². The summed E-state index contributed by atoms with van der Waals surface area (Å²) in [7, 11) is 0. The topological polar surface area (TPSA) is 83.8 Å². The standard InChI is InChI=1S/C19H35IO2.CH2O3/c1-2-3-4-5-6-7-8-9-10-11-12-13-14-15-16-17-19(21)22-18-20;2-1(3)4/h9-10H,2-8,11-18H2,1H3;(H2,2,3,4)/b10-9+;. The molecule has 0 bridgehead atoms. The van der Waals surface area contributed by atoms with Crippen molar-refractivity contribution in [1.82, 2.24) is 0 Å². The van der Waals surface area contributed by atoms with Crippen LogP contribution in [0.3, 0.4) is 0 Å². The molecule has 0 aromatic carbocycles. The number of hydrogen-bond donors (Lipinski definition) is 2. The van der Waals surface area contributed by atoms with Crippen molar-refractivity contribution >= 4 is 34.7 Å². The molecule has 0 saturated carbocycles. The SMILES string of the molecule is CCCCCCCC/C=C/CCCCCCCC(=O)OCI.O=C(O)O. The number of allylic oxidation sites excluding steroid dienone is 2. The summed E-state index contributed by atoms with van der Waals surface area (Å²) in [5.41, 5.74) is 0. The Hall–Kier alpha value is -0.790. The second-order valence-electron chi connectivity index (χ2n) is 6.24. The van der Waals surface area contributed by atoms with Crippen molar-refractivity contribution in [3.63, 3.8) is 0 Å². The number of carbonyl (C=O) groups excluding carboxylic acids is 1. The first kappa shape index (κ1) is 27.4. The highest BCUT2D eigenvalue weighted by atomic mass is 127. The molecule has 0 fully saturated rings. The molecule has 2 N–H and O–H groups in total. The van der Waals surface area contributed by atoms with Crippen molar-refractivity contribution in [1.29, 1.82) is 0 Å². The summed E-state index contributed by atoms with van der Waals surface area (Å²) >= 11 is 2.06. The Kier molecular flexibility index (Phi) is 25.5. The fraction of sp³-hybridized carbons (Fsp3) is 0.800. The molecule has 154 valence electrons. The van der Waals surface area contributed by atoms with Gasteiger partial charge in [0.15, 0.2) is 0 Å². The molecule has 0 aliphatic heterocycles. The highest BCUT2D eigenvalue weighted by Crippen LogP contribution is 2.10. The van der Waals surface area contributed by atoms with E-state index in [4.69, 9.17) is 19.7 Å². The van der Waals surface area contributed by atoms with Crippen LogP contribution in [0.2, 0.25) is 0 Å². The molecule has 0 spiro atoms.